The molecule has 1 aromatic heterocycles. The van der Waals surface area contributed by atoms with Crippen LogP contribution in [0.4, 0.5) is 0 Å². The molecule has 138 valence electrons. The van der Waals surface area contributed by atoms with Gasteiger partial charge in [0.15, 0.2) is 0 Å². The predicted molar refractivity (Wildman–Crippen MR) is 100 cm³/mol. The number of amides is 1. The number of carbonyl (C=O) groups is 1. The van der Waals surface area contributed by atoms with Crippen molar-refractivity contribution in [2.24, 2.45) is 17.3 Å². The van der Waals surface area contributed by atoms with E-state index in [1.54, 1.807) is 12.7 Å². The highest BCUT2D eigenvalue weighted by Gasteiger charge is 2.38. The lowest BCUT2D eigenvalue weighted by atomic mass is 9.64. The van der Waals surface area contributed by atoms with Crippen molar-refractivity contribution in [3.8, 4) is 5.69 Å². The quantitative estimate of drug-likeness (QED) is 0.866. The third-order valence-corrected chi connectivity index (χ3v) is 5.63. The Hall–Kier alpha value is -2.21. The Bertz CT molecular complexity index is 739. The van der Waals surface area contributed by atoms with Gasteiger partial charge in [-0.1, -0.05) is 13.8 Å². The van der Waals surface area contributed by atoms with Crippen molar-refractivity contribution in [3.05, 3.63) is 42.5 Å². The molecule has 2 aromatic rings. The highest BCUT2D eigenvalue weighted by atomic mass is 16.1. The number of hydrogen-bond donors (Lipinski definition) is 1. The first-order chi connectivity index (χ1) is 12.5. The standard InChI is InChI=1S/C20H27N5O/c1-20(2)7-15(8-20)10-24-11-16(12-24)9-21-19(26)17-3-5-18(6-4-17)25-13-22-23-14-25/h3-6,13-16H,7-12H2,1-2H3,(H,21,26). The van der Waals surface area contributed by atoms with Gasteiger partial charge in [-0.3, -0.25) is 9.36 Å². The Morgan fingerprint density at radius 3 is 2.38 bits per heavy atom. The zero-order valence-electron chi connectivity index (χ0n) is 15.6. The summed E-state index contributed by atoms with van der Waals surface area (Å²) >= 11 is 0. The molecule has 1 saturated heterocycles. The highest BCUT2D eigenvalue weighted by Crippen LogP contribution is 2.45. The van der Waals surface area contributed by atoms with Gasteiger partial charge in [0.2, 0.25) is 0 Å². The molecule has 1 aliphatic heterocycles. The fourth-order valence-corrected chi connectivity index (χ4v) is 4.41. The van der Waals surface area contributed by atoms with Gasteiger partial charge in [-0.05, 0) is 48.4 Å². The molecule has 2 aliphatic rings. The molecule has 6 nitrogen and oxygen atoms in total. The van der Waals surface area contributed by atoms with Crippen molar-refractivity contribution >= 4 is 5.91 Å². The fourth-order valence-electron chi connectivity index (χ4n) is 4.41. The summed E-state index contributed by atoms with van der Waals surface area (Å²) in [6.45, 7) is 8.94. The highest BCUT2D eigenvalue weighted by molar-refractivity contribution is 5.94. The number of benzene rings is 1. The molecule has 2 fully saturated rings. The molecule has 1 aromatic carbocycles. The molecule has 6 heteroatoms. The van der Waals surface area contributed by atoms with Crippen LogP contribution in [0.25, 0.3) is 5.69 Å². The minimum atomic E-state index is -0.000464. The summed E-state index contributed by atoms with van der Waals surface area (Å²) in [5.41, 5.74) is 2.20. The van der Waals surface area contributed by atoms with Crippen LogP contribution in [0, 0.1) is 17.3 Å². The lowest BCUT2D eigenvalue weighted by Gasteiger charge is -2.48. The van der Waals surface area contributed by atoms with E-state index in [2.05, 4.69) is 34.3 Å². The van der Waals surface area contributed by atoms with Crippen molar-refractivity contribution in [3.63, 3.8) is 0 Å². The van der Waals surface area contributed by atoms with E-state index in [-0.39, 0.29) is 5.91 Å². The fraction of sp³-hybridized carbons (Fsp3) is 0.550. The number of aromatic nitrogens is 3. The Morgan fingerprint density at radius 1 is 1.12 bits per heavy atom. The van der Waals surface area contributed by atoms with Crippen LogP contribution in [-0.2, 0) is 0 Å². The first-order valence-electron chi connectivity index (χ1n) is 9.44. The molecule has 0 unspecified atom stereocenters. The van der Waals surface area contributed by atoms with Crippen LogP contribution in [0.3, 0.4) is 0 Å². The molecule has 1 N–H and O–H groups in total. The number of hydrogen-bond acceptors (Lipinski definition) is 4. The van der Waals surface area contributed by atoms with E-state index in [9.17, 15) is 4.79 Å². The molecule has 0 spiro atoms. The molecule has 0 atom stereocenters. The molecule has 1 saturated carbocycles. The lowest BCUT2D eigenvalue weighted by molar-refractivity contribution is 0.0157. The summed E-state index contributed by atoms with van der Waals surface area (Å²) < 4.78 is 1.81. The summed E-state index contributed by atoms with van der Waals surface area (Å²) in [6, 6.07) is 7.50. The molecule has 4 rings (SSSR count). The SMILES string of the molecule is CC1(C)CC(CN2CC(CNC(=O)c3ccc(-n4cnnc4)cc3)C2)C1. The van der Waals surface area contributed by atoms with Crippen LogP contribution >= 0.6 is 0 Å². The van der Waals surface area contributed by atoms with Crippen LogP contribution in [0.5, 0.6) is 0 Å². The van der Waals surface area contributed by atoms with E-state index >= 15 is 0 Å². The average Bonchev–Trinajstić information content (AvgIpc) is 3.09. The first kappa shape index (κ1) is 17.2. The topological polar surface area (TPSA) is 63.1 Å². The smallest absolute Gasteiger partial charge is 0.251 e. The molecule has 2 heterocycles. The van der Waals surface area contributed by atoms with Gasteiger partial charge < -0.3 is 10.2 Å². The van der Waals surface area contributed by atoms with E-state index < -0.39 is 0 Å². The summed E-state index contributed by atoms with van der Waals surface area (Å²) in [5, 5.41) is 10.7. The Balaban J connectivity index is 1.18. The van der Waals surface area contributed by atoms with Crippen molar-refractivity contribution in [1.82, 2.24) is 25.0 Å². The van der Waals surface area contributed by atoms with E-state index in [0.717, 1.165) is 31.2 Å². The van der Waals surface area contributed by atoms with Gasteiger partial charge in [0.05, 0.1) is 0 Å². The van der Waals surface area contributed by atoms with Crippen LogP contribution in [0.15, 0.2) is 36.9 Å². The Morgan fingerprint density at radius 2 is 1.77 bits per heavy atom. The van der Waals surface area contributed by atoms with Gasteiger partial charge in [-0.15, -0.1) is 10.2 Å². The van der Waals surface area contributed by atoms with Gasteiger partial charge in [0.1, 0.15) is 12.7 Å². The summed E-state index contributed by atoms with van der Waals surface area (Å²) in [7, 11) is 0. The molecular formula is C20H27N5O. The summed E-state index contributed by atoms with van der Waals surface area (Å²) in [6.07, 6.45) is 6.00. The molecule has 26 heavy (non-hydrogen) atoms. The first-order valence-corrected chi connectivity index (χ1v) is 9.44. The van der Waals surface area contributed by atoms with E-state index in [4.69, 9.17) is 0 Å². The van der Waals surface area contributed by atoms with Gasteiger partial charge >= 0.3 is 0 Å². The number of likely N-dealkylation sites (tertiary alicyclic amines) is 1. The van der Waals surface area contributed by atoms with Crippen LogP contribution in [-0.4, -0.2) is 51.8 Å². The average molecular weight is 353 g/mol. The number of carbonyl (C=O) groups excluding carboxylic acids is 1. The lowest BCUT2D eigenvalue weighted by Crippen LogP contribution is -2.54. The molecule has 0 bridgehead atoms. The number of nitrogens with one attached hydrogen (secondary N) is 1. The maximum absolute atomic E-state index is 12.3. The maximum Gasteiger partial charge on any atom is 0.251 e. The normalized spacial score (nSPS) is 20.4. The molecule has 1 aliphatic carbocycles. The third kappa shape index (κ3) is 3.80. The maximum atomic E-state index is 12.3. The van der Waals surface area contributed by atoms with Crippen LogP contribution in [0.2, 0.25) is 0 Å². The van der Waals surface area contributed by atoms with Crippen LogP contribution < -0.4 is 5.32 Å². The Kier molecular flexibility index (Phi) is 4.53. The minimum Gasteiger partial charge on any atom is -0.352 e. The number of rotatable bonds is 6. The summed E-state index contributed by atoms with van der Waals surface area (Å²) in [4.78, 5) is 14.8. The zero-order valence-corrected chi connectivity index (χ0v) is 15.6. The second-order valence-electron chi connectivity index (χ2n) is 8.65. The number of nitrogens with zero attached hydrogens (tertiary/aromatic N) is 4. The van der Waals surface area contributed by atoms with Gasteiger partial charge in [-0.25, -0.2) is 0 Å². The predicted octanol–water partition coefficient (Wildman–Crippen LogP) is 2.37. The molecule has 0 radical (unpaired) electrons. The van der Waals surface area contributed by atoms with E-state index in [0.29, 0.717) is 16.9 Å². The van der Waals surface area contributed by atoms with Crippen molar-refractivity contribution < 1.29 is 4.79 Å². The molecule has 1 amide bonds. The second kappa shape index (κ2) is 6.83. The second-order valence-corrected chi connectivity index (χ2v) is 8.65. The van der Waals surface area contributed by atoms with E-state index in [1.807, 2.05) is 28.8 Å². The third-order valence-electron chi connectivity index (χ3n) is 5.63. The van der Waals surface area contributed by atoms with Crippen molar-refractivity contribution in [2.45, 2.75) is 26.7 Å². The monoisotopic (exact) mass is 353 g/mol. The van der Waals surface area contributed by atoms with Gasteiger partial charge in [-0.2, -0.15) is 0 Å². The van der Waals surface area contributed by atoms with E-state index in [1.165, 1.54) is 19.4 Å². The summed E-state index contributed by atoms with van der Waals surface area (Å²) in [5.74, 6) is 1.47. The largest absolute Gasteiger partial charge is 0.352 e. The van der Waals surface area contributed by atoms with Crippen molar-refractivity contribution in [1.29, 1.82) is 0 Å². The van der Waals surface area contributed by atoms with Gasteiger partial charge in [0, 0.05) is 43.3 Å². The van der Waals surface area contributed by atoms with Gasteiger partial charge in [0.25, 0.3) is 5.91 Å². The Labute approximate surface area is 154 Å². The van der Waals surface area contributed by atoms with Crippen molar-refractivity contribution in [2.75, 3.05) is 26.2 Å². The zero-order chi connectivity index (χ0) is 18.1. The molecular weight excluding hydrogens is 326 g/mol. The minimum absolute atomic E-state index is 0.000464. The van der Waals surface area contributed by atoms with Crippen LogP contribution in [0.1, 0.15) is 37.0 Å².